The van der Waals surface area contributed by atoms with Gasteiger partial charge in [0, 0.05) is 11.1 Å². The molecule has 0 aliphatic rings. The molecule has 1 heterocycles. The van der Waals surface area contributed by atoms with Gasteiger partial charge in [-0.15, -0.1) is 0 Å². The summed E-state index contributed by atoms with van der Waals surface area (Å²) in [5.74, 6) is 0. The third-order valence-corrected chi connectivity index (χ3v) is 4.15. The molecule has 0 saturated heterocycles. The van der Waals surface area contributed by atoms with E-state index in [9.17, 15) is 13.2 Å². The zero-order valence-electron chi connectivity index (χ0n) is 12.2. The first-order valence-corrected chi connectivity index (χ1v) is 7.73. The summed E-state index contributed by atoms with van der Waals surface area (Å²) in [5.41, 5.74) is -0.492. The number of nitriles is 2. The van der Waals surface area contributed by atoms with Gasteiger partial charge in [0.2, 0.25) is 6.04 Å². The van der Waals surface area contributed by atoms with E-state index in [4.69, 9.17) is 22.1 Å². The summed E-state index contributed by atoms with van der Waals surface area (Å²) in [6.07, 6.45) is -3.78. The number of hydrogen-bond donors (Lipinski definition) is 0. The minimum absolute atomic E-state index is 0.102. The first kappa shape index (κ1) is 18.7. The molecule has 2 rings (SSSR count). The predicted octanol–water partition coefficient (Wildman–Crippen LogP) is 5.40. The van der Waals surface area contributed by atoms with Gasteiger partial charge in [0.1, 0.15) is 17.2 Å². The SMILES string of the molecule is N#CC(C#N)N=Nc1ccc(Sc2ncc(C(F)(F)F)cc2Cl)cc1. The molecule has 5 nitrogen and oxygen atoms in total. The van der Waals surface area contributed by atoms with E-state index < -0.39 is 17.8 Å². The van der Waals surface area contributed by atoms with Crippen LogP contribution in [0.2, 0.25) is 5.02 Å². The Balaban J connectivity index is 2.12. The monoisotopic (exact) mass is 381 g/mol. The maximum absolute atomic E-state index is 12.6. The van der Waals surface area contributed by atoms with Crippen molar-refractivity contribution in [3.8, 4) is 12.1 Å². The van der Waals surface area contributed by atoms with Gasteiger partial charge in [-0.3, -0.25) is 0 Å². The second kappa shape index (κ2) is 7.97. The summed E-state index contributed by atoms with van der Waals surface area (Å²) in [6, 6.07) is 9.40. The topological polar surface area (TPSA) is 85.2 Å². The fourth-order valence-corrected chi connectivity index (χ4v) is 2.59. The fourth-order valence-electron chi connectivity index (χ4n) is 1.55. The minimum atomic E-state index is -4.50. The van der Waals surface area contributed by atoms with Crippen molar-refractivity contribution in [1.82, 2.24) is 4.98 Å². The maximum Gasteiger partial charge on any atom is 0.417 e. The van der Waals surface area contributed by atoms with Crippen molar-refractivity contribution in [3.05, 3.63) is 47.1 Å². The highest BCUT2D eigenvalue weighted by Crippen LogP contribution is 2.36. The average Bonchev–Trinajstić information content (AvgIpc) is 2.58. The van der Waals surface area contributed by atoms with Crippen LogP contribution in [-0.4, -0.2) is 11.0 Å². The smallest absolute Gasteiger partial charge is 0.247 e. The van der Waals surface area contributed by atoms with Crippen molar-refractivity contribution in [2.24, 2.45) is 10.2 Å². The molecule has 126 valence electrons. The van der Waals surface area contributed by atoms with Crippen LogP contribution in [0.3, 0.4) is 0 Å². The van der Waals surface area contributed by atoms with Gasteiger partial charge in [-0.05, 0) is 30.3 Å². The van der Waals surface area contributed by atoms with Gasteiger partial charge < -0.3 is 0 Å². The number of hydrogen-bond acceptors (Lipinski definition) is 6. The van der Waals surface area contributed by atoms with Crippen LogP contribution in [0.15, 0.2) is 56.7 Å². The third-order valence-electron chi connectivity index (χ3n) is 2.72. The number of nitrogens with zero attached hydrogens (tertiary/aromatic N) is 5. The molecule has 0 amide bonds. The standard InChI is InChI=1S/C15H7ClF3N5S/c16-13-5-9(15(17,18)19)8-22-14(13)25-12-3-1-10(2-4-12)23-24-11(6-20)7-21/h1-5,8,11H. The first-order valence-electron chi connectivity index (χ1n) is 6.54. The fraction of sp³-hybridized carbons (Fsp3) is 0.133. The molecule has 0 spiro atoms. The molecule has 1 aromatic heterocycles. The number of aromatic nitrogens is 1. The zero-order chi connectivity index (χ0) is 18.4. The van der Waals surface area contributed by atoms with Crippen molar-refractivity contribution >= 4 is 29.1 Å². The van der Waals surface area contributed by atoms with Crippen molar-refractivity contribution in [1.29, 1.82) is 10.5 Å². The van der Waals surface area contributed by atoms with E-state index in [1.807, 2.05) is 0 Å². The van der Waals surface area contributed by atoms with Crippen molar-refractivity contribution in [2.45, 2.75) is 22.1 Å². The lowest BCUT2D eigenvalue weighted by atomic mass is 10.3. The van der Waals surface area contributed by atoms with E-state index >= 15 is 0 Å². The van der Waals surface area contributed by atoms with Gasteiger partial charge in [-0.1, -0.05) is 23.4 Å². The highest BCUT2D eigenvalue weighted by atomic mass is 35.5. The van der Waals surface area contributed by atoms with Crippen LogP contribution in [0.1, 0.15) is 5.56 Å². The summed E-state index contributed by atoms with van der Waals surface area (Å²) >= 11 is 6.94. The Hall–Kier alpha value is -2.62. The summed E-state index contributed by atoms with van der Waals surface area (Å²) in [4.78, 5) is 4.41. The van der Waals surface area contributed by atoms with Crippen molar-refractivity contribution in [2.75, 3.05) is 0 Å². The van der Waals surface area contributed by atoms with E-state index in [0.717, 1.165) is 24.0 Å². The van der Waals surface area contributed by atoms with Crippen LogP contribution in [0.5, 0.6) is 0 Å². The Morgan fingerprint density at radius 3 is 2.32 bits per heavy atom. The summed E-state index contributed by atoms with van der Waals surface area (Å²) in [6.45, 7) is 0. The van der Waals surface area contributed by atoms with Crippen LogP contribution in [0.4, 0.5) is 18.9 Å². The molecule has 0 N–H and O–H groups in total. The second-order valence-electron chi connectivity index (χ2n) is 4.48. The van der Waals surface area contributed by atoms with E-state index in [2.05, 4.69) is 15.2 Å². The van der Waals surface area contributed by atoms with Gasteiger partial charge >= 0.3 is 6.18 Å². The molecule has 2 aromatic rings. The number of azo groups is 1. The largest absolute Gasteiger partial charge is 0.417 e. The average molecular weight is 382 g/mol. The lowest BCUT2D eigenvalue weighted by molar-refractivity contribution is -0.137. The van der Waals surface area contributed by atoms with Gasteiger partial charge in [0.05, 0.1) is 16.3 Å². The Kier molecular flexibility index (Phi) is 5.97. The minimum Gasteiger partial charge on any atom is -0.247 e. The van der Waals surface area contributed by atoms with Crippen LogP contribution in [0, 0.1) is 22.7 Å². The number of benzene rings is 1. The molecule has 25 heavy (non-hydrogen) atoms. The Labute approximate surface area is 149 Å². The highest BCUT2D eigenvalue weighted by Gasteiger charge is 2.31. The number of halogens is 4. The van der Waals surface area contributed by atoms with Crippen LogP contribution in [0.25, 0.3) is 0 Å². The molecule has 0 unspecified atom stereocenters. The molecule has 0 aliphatic heterocycles. The molecule has 0 bridgehead atoms. The quantitative estimate of drug-likeness (QED) is 0.663. The highest BCUT2D eigenvalue weighted by molar-refractivity contribution is 7.99. The first-order chi connectivity index (χ1) is 11.8. The Morgan fingerprint density at radius 1 is 1.16 bits per heavy atom. The van der Waals surface area contributed by atoms with Gasteiger partial charge in [0.15, 0.2) is 0 Å². The Bertz CT molecular complexity index is 855. The maximum atomic E-state index is 12.6. The van der Waals surface area contributed by atoms with Gasteiger partial charge in [-0.25, -0.2) is 4.98 Å². The number of rotatable bonds is 4. The third kappa shape index (κ3) is 5.18. The molecular formula is C15H7ClF3N5S. The van der Waals surface area contributed by atoms with E-state index in [0.29, 0.717) is 10.6 Å². The van der Waals surface area contributed by atoms with Crippen LogP contribution < -0.4 is 0 Å². The normalized spacial score (nSPS) is 11.5. The summed E-state index contributed by atoms with van der Waals surface area (Å²) < 4.78 is 37.8. The van der Waals surface area contributed by atoms with Crippen LogP contribution >= 0.6 is 23.4 Å². The molecule has 1 aromatic carbocycles. The summed E-state index contributed by atoms with van der Waals surface area (Å²) in [5, 5.41) is 24.6. The van der Waals surface area contributed by atoms with Crippen molar-refractivity contribution < 1.29 is 13.2 Å². The van der Waals surface area contributed by atoms with Gasteiger partial charge in [-0.2, -0.15) is 33.9 Å². The molecule has 10 heteroatoms. The van der Waals surface area contributed by atoms with E-state index in [1.54, 1.807) is 36.4 Å². The van der Waals surface area contributed by atoms with E-state index in [-0.39, 0.29) is 10.0 Å². The number of pyridine rings is 1. The molecule has 0 saturated carbocycles. The predicted molar refractivity (Wildman–Crippen MR) is 84.3 cm³/mol. The lowest BCUT2D eigenvalue weighted by Gasteiger charge is -2.08. The molecule has 0 aliphatic carbocycles. The Morgan fingerprint density at radius 2 is 1.80 bits per heavy atom. The summed E-state index contributed by atoms with van der Waals surface area (Å²) in [7, 11) is 0. The lowest BCUT2D eigenvalue weighted by Crippen LogP contribution is -2.05. The molecule has 0 radical (unpaired) electrons. The number of alkyl halides is 3. The molecule has 0 atom stereocenters. The zero-order valence-corrected chi connectivity index (χ0v) is 13.8. The second-order valence-corrected chi connectivity index (χ2v) is 5.95. The van der Waals surface area contributed by atoms with Crippen LogP contribution in [-0.2, 0) is 6.18 Å². The van der Waals surface area contributed by atoms with E-state index in [1.165, 1.54) is 0 Å². The van der Waals surface area contributed by atoms with Crippen molar-refractivity contribution in [3.63, 3.8) is 0 Å². The molecular weight excluding hydrogens is 375 g/mol. The molecule has 0 fully saturated rings. The van der Waals surface area contributed by atoms with Gasteiger partial charge in [0.25, 0.3) is 0 Å².